The first-order valence-electron chi connectivity index (χ1n) is 6.12. The van der Waals surface area contributed by atoms with Crippen LogP contribution in [0.1, 0.15) is 40.0 Å². The Kier molecular flexibility index (Phi) is 6.67. The molecule has 0 aliphatic carbocycles. The van der Waals surface area contributed by atoms with Crippen molar-refractivity contribution in [2.75, 3.05) is 0 Å². The van der Waals surface area contributed by atoms with E-state index < -0.39 is 35.3 Å². The number of primary amides is 1. The summed E-state index contributed by atoms with van der Waals surface area (Å²) in [6.07, 6.45) is -0.316. The molecule has 8 heteroatoms. The van der Waals surface area contributed by atoms with Crippen molar-refractivity contribution < 1.29 is 24.3 Å². The molecule has 0 rings (SSSR count). The van der Waals surface area contributed by atoms with Crippen LogP contribution in [0.5, 0.6) is 0 Å². The highest BCUT2D eigenvalue weighted by Crippen LogP contribution is 2.24. The Labute approximate surface area is 117 Å². The van der Waals surface area contributed by atoms with E-state index in [0.717, 1.165) is 0 Å². The maximum absolute atomic E-state index is 11.6. The van der Waals surface area contributed by atoms with Gasteiger partial charge in [-0.25, -0.2) is 4.79 Å². The average molecular weight is 287 g/mol. The molecule has 114 valence electrons. The van der Waals surface area contributed by atoms with E-state index in [1.807, 2.05) is 0 Å². The summed E-state index contributed by atoms with van der Waals surface area (Å²) in [5.74, 6) is -2.16. The average Bonchev–Trinajstić information content (AvgIpc) is 2.09. The highest BCUT2D eigenvalue weighted by atomic mass is 16.4. The van der Waals surface area contributed by atoms with Gasteiger partial charge in [-0.15, -0.1) is 0 Å². The van der Waals surface area contributed by atoms with Gasteiger partial charge in [0.1, 0.15) is 0 Å². The number of nitrogens with one attached hydrogen (secondary N) is 2. The second-order valence-corrected chi connectivity index (χ2v) is 5.50. The van der Waals surface area contributed by atoms with Gasteiger partial charge >= 0.3 is 12.0 Å². The molecule has 5 N–H and O–H groups in total. The van der Waals surface area contributed by atoms with E-state index in [-0.39, 0.29) is 19.3 Å². The Balaban J connectivity index is 4.23. The van der Waals surface area contributed by atoms with Gasteiger partial charge < -0.3 is 16.2 Å². The maximum Gasteiger partial charge on any atom is 0.321 e. The smallest absolute Gasteiger partial charge is 0.321 e. The number of amides is 4. The first kappa shape index (κ1) is 17.9. The van der Waals surface area contributed by atoms with E-state index in [1.165, 1.54) is 0 Å². The summed E-state index contributed by atoms with van der Waals surface area (Å²) in [7, 11) is 0. The van der Waals surface area contributed by atoms with E-state index in [1.54, 1.807) is 20.8 Å². The Morgan fingerprint density at radius 2 is 1.75 bits per heavy atom. The van der Waals surface area contributed by atoms with E-state index in [0.29, 0.717) is 0 Å². The van der Waals surface area contributed by atoms with Gasteiger partial charge in [0.2, 0.25) is 11.8 Å². The largest absolute Gasteiger partial charge is 0.481 e. The highest BCUT2D eigenvalue weighted by Gasteiger charge is 2.26. The van der Waals surface area contributed by atoms with Crippen LogP contribution >= 0.6 is 0 Å². The molecule has 0 aliphatic heterocycles. The number of hydrogen-bond donors (Lipinski definition) is 4. The molecule has 0 aromatic heterocycles. The second kappa shape index (κ2) is 7.46. The third kappa shape index (κ3) is 8.90. The molecule has 20 heavy (non-hydrogen) atoms. The zero-order valence-corrected chi connectivity index (χ0v) is 11.9. The first-order valence-corrected chi connectivity index (χ1v) is 6.12. The summed E-state index contributed by atoms with van der Waals surface area (Å²) in [6.45, 7) is 4.81. The lowest BCUT2D eigenvalue weighted by Crippen LogP contribution is -2.45. The summed E-state index contributed by atoms with van der Waals surface area (Å²) in [5.41, 5.74) is 4.21. The fourth-order valence-corrected chi connectivity index (χ4v) is 1.69. The number of carbonyl (C=O) groups excluding carboxylic acids is 3. The van der Waals surface area contributed by atoms with E-state index in [4.69, 9.17) is 10.8 Å². The van der Waals surface area contributed by atoms with Crippen LogP contribution < -0.4 is 16.4 Å². The van der Waals surface area contributed by atoms with Crippen LogP contribution in [-0.2, 0) is 14.4 Å². The Bertz CT molecular complexity index is 406. The number of imide groups is 1. The number of carboxylic acids is 1. The Morgan fingerprint density at radius 1 is 1.20 bits per heavy atom. The van der Waals surface area contributed by atoms with Gasteiger partial charge in [0.25, 0.3) is 0 Å². The number of nitrogens with two attached hydrogens (primary N) is 1. The zero-order valence-electron chi connectivity index (χ0n) is 11.9. The molecular formula is C12H21N3O5. The lowest BCUT2D eigenvalue weighted by atomic mass is 9.85. The Hall–Kier alpha value is -2.12. The molecule has 1 atom stereocenters. The van der Waals surface area contributed by atoms with Gasteiger partial charge in [-0.2, -0.15) is 0 Å². The van der Waals surface area contributed by atoms with Gasteiger partial charge in [-0.05, 0) is 12.3 Å². The van der Waals surface area contributed by atoms with Gasteiger partial charge in [-0.3, -0.25) is 19.7 Å². The second-order valence-electron chi connectivity index (χ2n) is 5.50. The van der Waals surface area contributed by atoms with E-state index in [2.05, 4.69) is 10.6 Å². The van der Waals surface area contributed by atoms with Crippen LogP contribution in [0.25, 0.3) is 0 Å². The number of urea groups is 1. The molecule has 4 amide bonds. The van der Waals surface area contributed by atoms with Crippen LogP contribution in [0.3, 0.4) is 0 Å². The quantitative estimate of drug-likeness (QED) is 0.520. The molecule has 0 aromatic carbocycles. The minimum Gasteiger partial charge on any atom is -0.481 e. The molecule has 0 aromatic rings. The first-order chi connectivity index (χ1) is 9.01. The van der Waals surface area contributed by atoms with Crippen molar-refractivity contribution in [3.8, 4) is 0 Å². The molecule has 0 fully saturated rings. The number of rotatable bonds is 7. The Morgan fingerprint density at radius 3 is 2.20 bits per heavy atom. The van der Waals surface area contributed by atoms with E-state index in [9.17, 15) is 19.2 Å². The third-order valence-electron chi connectivity index (χ3n) is 2.41. The molecule has 0 bridgehead atoms. The predicted molar refractivity (Wildman–Crippen MR) is 70.6 cm³/mol. The lowest BCUT2D eigenvalue weighted by molar-refractivity contribution is -0.139. The lowest BCUT2D eigenvalue weighted by Gasteiger charge is -2.21. The van der Waals surface area contributed by atoms with Crippen LogP contribution in [0, 0.1) is 5.41 Å². The standard InChI is InChI=1S/C12H21N3O5/c1-7(4-8(13)16)14-11(20)15-9(17)5-12(2,3)6-10(18)19/h7H,4-6H2,1-3H3,(H2,13,16)(H,18,19)(H2,14,15,17,20). The normalized spacial score (nSPS) is 12.3. The molecule has 0 aliphatic rings. The fraction of sp³-hybridized carbons (Fsp3) is 0.667. The molecule has 8 nitrogen and oxygen atoms in total. The van der Waals surface area contributed by atoms with Gasteiger partial charge in [0.05, 0.1) is 6.42 Å². The van der Waals surface area contributed by atoms with Crippen LogP contribution in [0.15, 0.2) is 0 Å². The van der Waals surface area contributed by atoms with Crippen LogP contribution in [0.2, 0.25) is 0 Å². The van der Waals surface area contributed by atoms with Gasteiger partial charge in [0, 0.05) is 18.9 Å². The minimum absolute atomic E-state index is 0.0356. The number of carbonyl (C=O) groups is 4. The van der Waals surface area contributed by atoms with Crippen molar-refractivity contribution in [1.82, 2.24) is 10.6 Å². The highest BCUT2D eigenvalue weighted by molar-refractivity contribution is 5.95. The minimum atomic E-state index is -1.01. The monoisotopic (exact) mass is 287 g/mol. The summed E-state index contributed by atoms with van der Waals surface area (Å²) in [5, 5.41) is 13.2. The molecule has 0 saturated heterocycles. The molecule has 0 radical (unpaired) electrons. The number of aliphatic carboxylic acids is 1. The molecular weight excluding hydrogens is 266 g/mol. The van der Waals surface area contributed by atoms with Gasteiger partial charge in [-0.1, -0.05) is 13.8 Å². The van der Waals surface area contributed by atoms with Crippen LogP contribution in [-0.4, -0.2) is 35.0 Å². The number of carboxylic acid groups (broad SMARTS) is 1. The van der Waals surface area contributed by atoms with Crippen molar-refractivity contribution in [3.63, 3.8) is 0 Å². The van der Waals surface area contributed by atoms with Crippen molar-refractivity contribution >= 4 is 23.8 Å². The fourth-order valence-electron chi connectivity index (χ4n) is 1.69. The molecule has 0 heterocycles. The summed E-state index contributed by atoms with van der Waals surface area (Å²) < 4.78 is 0. The molecule has 1 unspecified atom stereocenters. The topological polar surface area (TPSA) is 139 Å². The summed E-state index contributed by atoms with van der Waals surface area (Å²) in [6, 6.07) is -1.23. The summed E-state index contributed by atoms with van der Waals surface area (Å²) in [4.78, 5) is 44.3. The molecule has 0 saturated carbocycles. The zero-order chi connectivity index (χ0) is 15.9. The third-order valence-corrected chi connectivity index (χ3v) is 2.41. The maximum atomic E-state index is 11.6. The van der Waals surface area contributed by atoms with Crippen molar-refractivity contribution in [2.24, 2.45) is 11.1 Å². The number of hydrogen-bond acceptors (Lipinski definition) is 4. The van der Waals surface area contributed by atoms with Crippen molar-refractivity contribution in [2.45, 2.75) is 46.1 Å². The molecule has 0 spiro atoms. The van der Waals surface area contributed by atoms with E-state index >= 15 is 0 Å². The SMILES string of the molecule is CC(CC(N)=O)NC(=O)NC(=O)CC(C)(C)CC(=O)O. The van der Waals surface area contributed by atoms with Crippen LogP contribution in [0.4, 0.5) is 4.79 Å². The van der Waals surface area contributed by atoms with Crippen molar-refractivity contribution in [3.05, 3.63) is 0 Å². The van der Waals surface area contributed by atoms with Gasteiger partial charge in [0.15, 0.2) is 0 Å². The summed E-state index contributed by atoms with van der Waals surface area (Å²) >= 11 is 0. The van der Waals surface area contributed by atoms with Crippen molar-refractivity contribution in [1.29, 1.82) is 0 Å². The predicted octanol–water partition coefficient (Wildman–Crippen LogP) is -0.0329.